The number of hydrogen-bond acceptors (Lipinski definition) is 5. The van der Waals surface area contributed by atoms with E-state index in [1.165, 1.54) is 0 Å². The number of nitrogens with one attached hydrogen (secondary N) is 2. The van der Waals surface area contributed by atoms with Gasteiger partial charge < -0.3 is 25.0 Å². The number of anilines is 1. The van der Waals surface area contributed by atoms with Crippen LogP contribution in [-0.4, -0.2) is 51.7 Å². The normalized spacial score (nSPS) is 10.0. The standard InChI is InChI=1S/C22H31N3O3.2ClH/c1-17-6-9-19(10-7-17)24-22(26)16-28-20-11-8-18(14-21(20)27-4)15-23-12-5-13-25(2)3;;/h6-11,14,23H,5,12-13,15-16H2,1-4H3,(H,24,26);2*1H. The summed E-state index contributed by atoms with van der Waals surface area (Å²) in [5, 5.41) is 6.24. The zero-order valence-electron chi connectivity index (χ0n) is 18.1. The molecule has 2 rings (SSSR count). The van der Waals surface area contributed by atoms with Crippen LogP contribution in [0.15, 0.2) is 42.5 Å². The number of halogens is 2. The van der Waals surface area contributed by atoms with Crippen molar-refractivity contribution in [1.29, 1.82) is 0 Å². The molecule has 0 aliphatic rings. The topological polar surface area (TPSA) is 62.8 Å². The SMILES string of the molecule is COc1cc(CNCCCN(C)C)ccc1OCC(=O)Nc1ccc(C)cc1.Cl.Cl. The Hall–Kier alpha value is -1.99. The van der Waals surface area contributed by atoms with Crippen LogP contribution in [0, 0.1) is 6.92 Å². The lowest BCUT2D eigenvalue weighted by molar-refractivity contribution is -0.118. The highest BCUT2D eigenvalue weighted by molar-refractivity contribution is 5.91. The van der Waals surface area contributed by atoms with E-state index in [4.69, 9.17) is 9.47 Å². The van der Waals surface area contributed by atoms with E-state index in [0.717, 1.165) is 42.9 Å². The highest BCUT2D eigenvalue weighted by Gasteiger charge is 2.09. The highest BCUT2D eigenvalue weighted by Crippen LogP contribution is 2.28. The lowest BCUT2D eigenvalue weighted by atomic mass is 10.2. The minimum Gasteiger partial charge on any atom is -0.493 e. The molecule has 0 aliphatic carbocycles. The molecule has 0 unspecified atom stereocenters. The number of carbonyl (C=O) groups is 1. The molecule has 6 nitrogen and oxygen atoms in total. The van der Waals surface area contributed by atoms with E-state index in [2.05, 4.69) is 29.6 Å². The number of rotatable bonds is 11. The molecule has 0 saturated heterocycles. The molecule has 0 fully saturated rings. The molecule has 0 spiro atoms. The predicted molar refractivity (Wildman–Crippen MR) is 128 cm³/mol. The zero-order valence-corrected chi connectivity index (χ0v) is 19.7. The summed E-state index contributed by atoms with van der Waals surface area (Å²) in [6, 6.07) is 13.4. The van der Waals surface area contributed by atoms with Crippen molar-refractivity contribution < 1.29 is 14.3 Å². The van der Waals surface area contributed by atoms with Gasteiger partial charge in [-0.2, -0.15) is 0 Å². The van der Waals surface area contributed by atoms with Gasteiger partial charge >= 0.3 is 0 Å². The molecule has 2 aromatic carbocycles. The highest BCUT2D eigenvalue weighted by atomic mass is 35.5. The molecular weight excluding hydrogens is 425 g/mol. The molecule has 0 heterocycles. The van der Waals surface area contributed by atoms with E-state index in [1.807, 2.05) is 49.4 Å². The number of nitrogens with zero attached hydrogens (tertiary/aromatic N) is 1. The van der Waals surface area contributed by atoms with Crippen LogP contribution >= 0.6 is 24.8 Å². The lowest BCUT2D eigenvalue weighted by Gasteiger charge is -2.13. The van der Waals surface area contributed by atoms with E-state index in [1.54, 1.807) is 7.11 Å². The number of methoxy groups -OCH3 is 1. The maximum absolute atomic E-state index is 12.1. The summed E-state index contributed by atoms with van der Waals surface area (Å²) >= 11 is 0. The first kappa shape index (κ1) is 28.0. The van der Waals surface area contributed by atoms with Crippen LogP contribution in [0.2, 0.25) is 0 Å². The van der Waals surface area contributed by atoms with Crippen molar-refractivity contribution in [1.82, 2.24) is 10.2 Å². The summed E-state index contributed by atoms with van der Waals surface area (Å²) in [6.07, 6.45) is 1.10. The molecular formula is C22H33Cl2N3O3. The summed E-state index contributed by atoms with van der Waals surface area (Å²) in [6.45, 7) is 4.71. The monoisotopic (exact) mass is 457 g/mol. The van der Waals surface area contributed by atoms with Crippen LogP contribution in [0.1, 0.15) is 17.5 Å². The molecule has 0 radical (unpaired) electrons. The largest absolute Gasteiger partial charge is 0.493 e. The van der Waals surface area contributed by atoms with E-state index < -0.39 is 0 Å². The molecule has 8 heteroatoms. The summed E-state index contributed by atoms with van der Waals surface area (Å²) in [5.74, 6) is 0.964. The fourth-order valence-corrected chi connectivity index (χ4v) is 2.67. The van der Waals surface area contributed by atoms with Crippen LogP contribution in [-0.2, 0) is 11.3 Å². The maximum Gasteiger partial charge on any atom is 0.262 e. The van der Waals surface area contributed by atoms with Crippen LogP contribution in [0.3, 0.4) is 0 Å². The van der Waals surface area contributed by atoms with Crippen molar-refractivity contribution in [3.63, 3.8) is 0 Å². The number of carbonyl (C=O) groups excluding carboxylic acids is 1. The molecule has 0 atom stereocenters. The molecule has 0 saturated carbocycles. The third-order valence-electron chi connectivity index (χ3n) is 4.21. The minimum absolute atomic E-state index is 0. The Balaban J connectivity index is 0.00000420. The third-order valence-corrected chi connectivity index (χ3v) is 4.21. The van der Waals surface area contributed by atoms with E-state index in [-0.39, 0.29) is 37.3 Å². The van der Waals surface area contributed by atoms with Crippen LogP contribution < -0.4 is 20.1 Å². The molecule has 2 aromatic rings. The number of amides is 1. The van der Waals surface area contributed by atoms with E-state index in [0.29, 0.717) is 11.5 Å². The Bertz CT molecular complexity index is 756. The van der Waals surface area contributed by atoms with Gasteiger partial charge in [0.2, 0.25) is 0 Å². The fraction of sp³-hybridized carbons (Fsp3) is 0.409. The summed E-state index contributed by atoms with van der Waals surface area (Å²) < 4.78 is 11.1. The number of aryl methyl sites for hydroxylation is 1. The number of benzene rings is 2. The van der Waals surface area contributed by atoms with Gasteiger partial charge in [-0.15, -0.1) is 24.8 Å². The first-order chi connectivity index (χ1) is 13.5. The van der Waals surface area contributed by atoms with Gasteiger partial charge in [-0.05, 0) is 70.4 Å². The van der Waals surface area contributed by atoms with Gasteiger partial charge in [0.15, 0.2) is 18.1 Å². The summed E-state index contributed by atoms with van der Waals surface area (Å²) in [4.78, 5) is 14.3. The Kier molecular flexibility index (Phi) is 13.9. The second kappa shape index (κ2) is 14.9. The Morgan fingerprint density at radius 3 is 2.37 bits per heavy atom. The Morgan fingerprint density at radius 1 is 1.03 bits per heavy atom. The van der Waals surface area contributed by atoms with Crippen LogP contribution in [0.25, 0.3) is 0 Å². The van der Waals surface area contributed by atoms with Gasteiger partial charge in [-0.1, -0.05) is 23.8 Å². The van der Waals surface area contributed by atoms with Gasteiger partial charge in [-0.3, -0.25) is 4.79 Å². The van der Waals surface area contributed by atoms with Gasteiger partial charge in [0, 0.05) is 12.2 Å². The first-order valence-electron chi connectivity index (χ1n) is 9.49. The van der Waals surface area contributed by atoms with Crippen molar-refractivity contribution in [3.8, 4) is 11.5 Å². The fourth-order valence-electron chi connectivity index (χ4n) is 2.67. The Morgan fingerprint density at radius 2 is 1.73 bits per heavy atom. The second-order valence-electron chi connectivity index (χ2n) is 7.02. The van der Waals surface area contributed by atoms with E-state index in [9.17, 15) is 4.79 Å². The van der Waals surface area contributed by atoms with Crippen molar-refractivity contribution >= 4 is 36.4 Å². The van der Waals surface area contributed by atoms with Gasteiger partial charge in [-0.25, -0.2) is 0 Å². The first-order valence-corrected chi connectivity index (χ1v) is 9.49. The quantitative estimate of drug-likeness (QED) is 0.500. The van der Waals surface area contributed by atoms with Crippen LogP contribution in [0.4, 0.5) is 5.69 Å². The number of hydrogen-bond donors (Lipinski definition) is 2. The molecule has 2 N–H and O–H groups in total. The molecule has 30 heavy (non-hydrogen) atoms. The van der Waals surface area contributed by atoms with Gasteiger partial charge in [0.1, 0.15) is 0 Å². The molecule has 1 amide bonds. The van der Waals surface area contributed by atoms with Crippen molar-refractivity contribution in [2.45, 2.75) is 19.9 Å². The zero-order chi connectivity index (χ0) is 20.4. The summed E-state index contributed by atoms with van der Waals surface area (Å²) in [5.41, 5.74) is 3.01. The molecule has 168 valence electrons. The minimum atomic E-state index is -0.211. The maximum atomic E-state index is 12.1. The molecule has 0 aliphatic heterocycles. The smallest absolute Gasteiger partial charge is 0.262 e. The Labute approximate surface area is 192 Å². The molecule has 0 bridgehead atoms. The van der Waals surface area contributed by atoms with Crippen molar-refractivity contribution in [3.05, 3.63) is 53.6 Å². The third kappa shape index (κ3) is 10.2. The average molecular weight is 458 g/mol. The predicted octanol–water partition coefficient (Wildman–Crippen LogP) is 3.91. The molecule has 0 aromatic heterocycles. The van der Waals surface area contributed by atoms with Gasteiger partial charge in [0.25, 0.3) is 5.91 Å². The van der Waals surface area contributed by atoms with E-state index >= 15 is 0 Å². The number of ether oxygens (including phenoxy) is 2. The van der Waals surface area contributed by atoms with Crippen LogP contribution in [0.5, 0.6) is 11.5 Å². The van der Waals surface area contributed by atoms with Crippen molar-refractivity contribution in [2.75, 3.05) is 46.2 Å². The van der Waals surface area contributed by atoms with Crippen molar-refractivity contribution in [2.24, 2.45) is 0 Å². The average Bonchev–Trinajstić information content (AvgIpc) is 2.68. The van der Waals surface area contributed by atoms with Gasteiger partial charge in [0.05, 0.1) is 7.11 Å². The summed E-state index contributed by atoms with van der Waals surface area (Å²) in [7, 11) is 5.75. The second-order valence-corrected chi connectivity index (χ2v) is 7.02. The lowest BCUT2D eigenvalue weighted by Crippen LogP contribution is -2.21.